The van der Waals surface area contributed by atoms with Crippen LogP contribution in [0.5, 0.6) is 5.88 Å². The molecule has 1 saturated heterocycles. The molecule has 0 radical (unpaired) electrons. The van der Waals surface area contributed by atoms with Crippen molar-refractivity contribution >= 4 is 22.6 Å². The number of aromatic nitrogens is 4. The Labute approximate surface area is 164 Å². The first-order valence-electron chi connectivity index (χ1n) is 8.95. The van der Waals surface area contributed by atoms with E-state index in [1.807, 2.05) is 7.05 Å². The van der Waals surface area contributed by atoms with Gasteiger partial charge in [-0.1, -0.05) is 0 Å². The highest BCUT2D eigenvalue weighted by atomic mass is 19.3. The van der Waals surface area contributed by atoms with Crippen LogP contribution in [0.4, 0.5) is 14.6 Å². The number of alkyl halides is 2. The van der Waals surface area contributed by atoms with Gasteiger partial charge >= 0.3 is 5.92 Å². The summed E-state index contributed by atoms with van der Waals surface area (Å²) in [5.41, 5.74) is 1.64. The lowest BCUT2D eigenvalue weighted by atomic mass is 10.1. The third-order valence-corrected chi connectivity index (χ3v) is 4.45. The number of ether oxygens (including phenoxy) is 2. The summed E-state index contributed by atoms with van der Waals surface area (Å²) in [5.74, 6) is -3.71. The molecule has 0 bridgehead atoms. The molecule has 152 valence electrons. The summed E-state index contributed by atoms with van der Waals surface area (Å²) in [6.45, 7) is 2.89. The van der Waals surface area contributed by atoms with E-state index in [0.29, 0.717) is 30.0 Å². The van der Waals surface area contributed by atoms with Crippen molar-refractivity contribution in [2.75, 3.05) is 18.5 Å². The maximum absolute atomic E-state index is 14.0. The molecule has 3 aromatic heterocycles. The molecular weight excluding hydrogens is 384 g/mol. The summed E-state index contributed by atoms with van der Waals surface area (Å²) in [4.78, 5) is 23.5. The van der Waals surface area contributed by atoms with Crippen molar-refractivity contribution in [3.8, 4) is 17.1 Å². The van der Waals surface area contributed by atoms with Crippen molar-refractivity contribution in [2.24, 2.45) is 7.05 Å². The molecule has 1 N–H and O–H groups in total. The number of carbonyl (C=O) groups is 1. The van der Waals surface area contributed by atoms with E-state index in [4.69, 9.17) is 9.47 Å². The molecule has 1 aliphatic rings. The maximum Gasteiger partial charge on any atom is 0.303 e. The second-order valence-corrected chi connectivity index (χ2v) is 7.00. The van der Waals surface area contributed by atoms with E-state index in [0.717, 1.165) is 12.4 Å². The number of halogens is 2. The number of fused-ring (bicyclic) bond motifs is 1. The first kappa shape index (κ1) is 19.2. The van der Waals surface area contributed by atoms with Gasteiger partial charge < -0.3 is 19.4 Å². The van der Waals surface area contributed by atoms with E-state index < -0.39 is 11.7 Å². The second kappa shape index (κ2) is 7.03. The monoisotopic (exact) mass is 403 g/mol. The molecular formula is C19H19F2N5O3. The Morgan fingerprint density at radius 3 is 2.72 bits per heavy atom. The molecule has 10 heteroatoms. The molecule has 29 heavy (non-hydrogen) atoms. The lowest BCUT2D eigenvalue weighted by molar-refractivity contribution is -0.114. The summed E-state index contributed by atoms with van der Waals surface area (Å²) in [7, 11) is 1.81. The number of aryl methyl sites for hydroxylation is 1. The number of nitrogens with zero attached hydrogens (tertiary/aromatic N) is 4. The van der Waals surface area contributed by atoms with Crippen molar-refractivity contribution in [1.82, 2.24) is 19.5 Å². The quantitative estimate of drug-likeness (QED) is 0.705. The number of anilines is 1. The Hall–Kier alpha value is -3.14. The van der Waals surface area contributed by atoms with E-state index in [1.165, 1.54) is 13.0 Å². The number of nitrogens with one attached hydrogen (secondary N) is 1. The summed E-state index contributed by atoms with van der Waals surface area (Å²) in [6.07, 6.45) is 3.14. The van der Waals surface area contributed by atoms with Gasteiger partial charge in [0, 0.05) is 44.1 Å². The first-order valence-corrected chi connectivity index (χ1v) is 8.95. The van der Waals surface area contributed by atoms with Crippen LogP contribution in [0.1, 0.15) is 19.7 Å². The Kier molecular flexibility index (Phi) is 4.65. The lowest BCUT2D eigenvalue weighted by Crippen LogP contribution is -2.38. The Morgan fingerprint density at radius 1 is 1.34 bits per heavy atom. The first-order chi connectivity index (χ1) is 13.7. The molecule has 0 spiro atoms. The van der Waals surface area contributed by atoms with Gasteiger partial charge in [0.15, 0.2) is 0 Å². The van der Waals surface area contributed by atoms with Crippen LogP contribution < -0.4 is 10.1 Å². The smallest absolute Gasteiger partial charge is 0.303 e. The van der Waals surface area contributed by atoms with Crippen molar-refractivity contribution < 1.29 is 23.0 Å². The highest BCUT2D eigenvalue weighted by molar-refractivity contribution is 5.98. The van der Waals surface area contributed by atoms with E-state index in [1.54, 1.807) is 23.0 Å². The number of carbonyl (C=O) groups excluding carboxylic acids is 1. The van der Waals surface area contributed by atoms with E-state index in [-0.39, 0.29) is 23.6 Å². The molecule has 0 saturated carbocycles. The van der Waals surface area contributed by atoms with Gasteiger partial charge in [0.1, 0.15) is 11.9 Å². The lowest BCUT2D eigenvalue weighted by Gasteiger charge is -2.26. The van der Waals surface area contributed by atoms with Crippen LogP contribution >= 0.6 is 0 Å². The predicted octanol–water partition coefficient (Wildman–Crippen LogP) is 2.88. The van der Waals surface area contributed by atoms with Crippen LogP contribution in [-0.4, -0.2) is 44.7 Å². The van der Waals surface area contributed by atoms with Crippen LogP contribution in [0.15, 0.2) is 24.5 Å². The number of amides is 1. The highest BCUT2D eigenvalue weighted by Gasteiger charge is 2.31. The third-order valence-electron chi connectivity index (χ3n) is 4.45. The SMILES string of the molecule is CC(=O)Nc1cc2c(-c3cc(OC4COC4)nc(C(C)(F)F)n3)cn(C)c2cn1. The predicted molar refractivity (Wildman–Crippen MR) is 101 cm³/mol. The van der Waals surface area contributed by atoms with Crippen LogP contribution in [0.3, 0.4) is 0 Å². The van der Waals surface area contributed by atoms with Crippen LogP contribution in [0.2, 0.25) is 0 Å². The largest absolute Gasteiger partial charge is 0.469 e. The van der Waals surface area contributed by atoms with Gasteiger partial charge in [-0.3, -0.25) is 4.79 Å². The van der Waals surface area contributed by atoms with Gasteiger partial charge in [0.05, 0.1) is 30.6 Å². The van der Waals surface area contributed by atoms with Gasteiger partial charge in [-0.2, -0.15) is 13.8 Å². The molecule has 1 amide bonds. The maximum atomic E-state index is 14.0. The highest BCUT2D eigenvalue weighted by Crippen LogP contribution is 2.34. The number of hydrogen-bond acceptors (Lipinski definition) is 6. The fourth-order valence-electron chi connectivity index (χ4n) is 3.00. The zero-order valence-electron chi connectivity index (χ0n) is 16.1. The number of hydrogen-bond donors (Lipinski definition) is 1. The molecule has 3 aromatic rings. The number of rotatable bonds is 5. The standard InChI is InChI=1S/C19H19F2N5O3/c1-10(27)23-16-4-12-13(7-26(3)15(12)6-22-16)14-5-17(29-11-8-28-9-11)25-18(24-14)19(2,20)21/h4-7,11H,8-9H2,1-3H3,(H,22,23,27). The van der Waals surface area contributed by atoms with Crippen molar-refractivity contribution in [1.29, 1.82) is 0 Å². The summed E-state index contributed by atoms with van der Waals surface area (Å²) in [6, 6.07) is 3.21. The molecule has 8 nitrogen and oxygen atoms in total. The third kappa shape index (κ3) is 3.88. The molecule has 1 aliphatic heterocycles. The average Bonchev–Trinajstić information content (AvgIpc) is 2.93. The summed E-state index contributed by atoms with van der Waals surface area (Å²) >= 11 is 0. The minimum absolute atomic E-state index is 0.0629. The molecule has 4 heterocycles. The molecule has 0 aliphatic carbocycles. The van der Waals surface area contributed by atoms with Crippen LogP contribution in [-0.2, 0) is 22.5 Å². The van der Waals surface area contributed by atoms with E-state index >= 15 is 0 Å². The molecule has 4 rings (SSSR count). The van der Waals surface area contributed by atoms with Crippen LogP contribution in [0.25, 0.3) is 22.2 Å². The zero-order valence-corrected chi connectivity index (χ0v) is 16.1. The van der Waals surface area contributed by atoms with Gasteiger partial charge in [-0.25, -0.2) is 9.97 Å². The van der Waals surface area contributed by atoms with Crippen molar-refractivity contribution in [3.05, 3.63) is 30.4 Å². The minimum Gasteiger partial charge on any atom is -0.469 e. The number of pyridine rings is 1. The Morgan fingerprint density at radius 2 is 2.10 bits per heavy atom. The minimum atomic E-state index is -3.24. The van der Waals surface area contributed by atoms with Crippen LogP contribution in [0, 0.1) is 0 Å². The normalized spacial score (nSPS) is 14.7. The molecule has 0 unspecified atom stereocenters. The zero-order chi connectivity index (χ0) is 20.8. The van der Waals surface area contributed by atoms with Crippen molar-refractivity contribution in [3.63, 3.8) is 0 Å². The topological polar surface area (TPSA) is 91.2 Å². The van der Waals surface area contributed by atoms with Gasteiger partial charge in [0.25, 0.3) is 0 Å². The summed E-state index contributed by atoms with van der Waals surface area (Å²) < 4.78 is 40.6. The Balaban J connectivity index is 1.84. The fraction of sp³-hybridized carbons (Fsp3) is 0.368. The van der Waals surface area contributed by atoms with E-state index in [2.05, 4.69) is 20.3 Å². The van der Waals surface area contributed by atoms with Gasteiger partial charge in [-0.15, -0.1) is 0 Å². The molecule has 1 fully saturated rings. The fourth-order valence-corrected chi connectivity index (χ4v) is 3.00. The van der Waals surface area contributed by atoms with Crippen molar-refractivity contribution in [2.45, 2.75) is 25.9 Å². The average molecular weight is 403 g/mol. The Bertz CT molecular complexity index is 1090. The van der Waals surface area contributed by atoms with Gasteiger partial charge in [-0.05, 0) is 6.07 Å². The second-order valence-electron chi connectivity index (χ2n) is 7.00. The van der Waals surface area contributed by atoms with Gasteiger partial charge in [0.2, 0.25) is 17.6 Å². The molecule has 0 aromatic carbocycles. The molecule has 0 atom stereocenters. The summed E-state index contributed by atoms with van der Waals surface area (Å²) in [5, 5.41) is 3.32. The van der Waals surface area contributed by atoms with E-state index in [9.17, 15) is 13.6 Å².